The molecule has 0 atom stereocenters. The molecule has 0 bridgehead atoms. The molecule has 0 fully saturated rings. The first-order valence-corrected chi connectivity index (χ1v) is 14.3. The van der Waals surface area contributed by atoms with Gasteiger partial charge in [0.2, 0.25) is 0 Å². The molecule has 0 radical (unpaired) electrons. The highest BCUT2D eigenvalue weighted by molar-refractivity contribution is 6.60. The molecular formula is C24H48O5Si. The molecule has 0 aliphatic heterocycles. The van der Waals surface area contributed by atoms with Crippen molar-refractivity contribution in [2.24, 2.45) is 0 Å². The van der Waals surface area contributed by atoms with Gasteiger partial charge in [-0.2, -0.15) is 0 Å². The maximum Gasteiger partial charge on any atom is 0.501 e. The van der Waals surface area contributed by atoms with Crippen LogP contribution >= 0.6 is 0 Å². The Labute approximate surface area is 187 Å². The van der Waals surface area contributed by atoms with E-state index in [-0.39, 0.29) is 6.61 Å². The van der Waals surface area contributed by atoms with Crippen molar-refractivity contribution in [3.05, 3.63) is 12.7 Å². The van der Waals surface area contributed by atoms with Crippen LogP contribution in [0.1, 0.15) is 104 Å². The number of unbranched alkanes of at least 4 members (excludes halogenated alkanes) is 12. The zero-order valence-electron chi connectivity index (χ0n) is 20.1. The van der Waals surface area contributed by atoms with Crippen LogP contribution in [-0.4, -0.2) is 41.2 Å². The van der Waals surface area contributed by atoms with E-state index in [1.807, 2.05) is 13.8 Å². The zero-order valence-corrected chi connectivity index (χ0v) is 21.1. The molecule has 0 aliphatic rings. The van der Waals surface area contributed by atoms with Crippen LogP contribution in [0.4, 0.5) is 0 Å². The first-order chi connectivity index (χ1) is 14.6. The third-order valence-corrected chi connectivity index (χ3v) is 8.20. The Hall–Kier alpha value is -0.693. The molecule has 0 unspecified atom stereocenters. The topological polar surface area (TPSA) is 54.0 Å². The molecule has 178 valence electrons. The minimum atomic E-state index is -2.70. The first-order valence-electron chi connectivity index (χ1n) is 12.3. The summed E-state index contributed by atoms with van der Waals surface area (Å²) in [7, 11) is -2.70. The molecule has 5 nitrogen and oxygen atoms in total. The first kappa shape index (κ1) is 29.3. The molecule has 0 saturated carbocycles. The van der Waals surface area contributed by atoms with Crippen molar-refractivity contribution in [2.75, 3.05) is 26.4 Å². The van der Waals surface area contributed by atoms with Crippen molar-refractivity contribution in [3.63, 3.8) is 0 Å². The molecule has 0 spiro atoms. The molecule has 30 heavy (non-hydrogen) atoms. The second-order valence-electron chi connectivity index (χ2n) is 7.76. The van der Waals surface area contributed by atoms with Crippen molar-refractivity contribution in [3.8, 4) is 0 Å². The lowest BCUT2D eigenvalue weighted by Crippen LogP contribution is -2.46. The molecule has 0 amide bonds. The predicted octanol–water partition coefficient (Wildman–Crippen LogP) is 6.84. The largest absolute Gasteiger partial charge is 0.501 e. The molecule has 0 aliphatic carbocycles. The van der Waals surface area contributed by atoms with E-state index in [9.17, 15) is 4.79 Å². The van der Waals surface area contributed by atoms with Gasteiger partial charge in [0, 0.05) is 25.3 Å². The van der Waals surface area contributed by atoms with Crippen molar-refractivity contribution >= 4 is 14.8 Å². The summed E-state index contributed by atoms with van der Waals surface area (Å²) in [5.41, 5.74) is 0. The minimum absolute atomic E-state index is 0.193. The standard InChI is InChI=1S/C24H48O5Si/c1-5-9-10-11-12-13-14-15-16-17-18-19-20-23-30(27-7-3,28-8-4)29-22-21-26-24(25)6-2/h6H,2,5,7-23H2,1,3-4H3. The highest BCUT2D eigenvalue weighted by Crippen LogP contribution is 2.21. The monoisotopic (exact) mass is 444 g/mol. The lowest BCUT2D eigenvalue weighted by Gasteiger charge is -2.29. The maximum atomic E-state index is 11.1. The van der Waals surface area contributed by atoms with Gasteiger partial charge in [-0.1, -0.05) is 90.6 Å². The lowest BCUT2D eigenvalue weighted by atomic mass is 10.1. The van der Waals surface area contributed by atoms with E-state index in [1.165, 1.54) is 77.0 Å². The van der Waals surface area contributed by atoms with Crippen LogP contribution < -0.4 is 0 Å². The quantitative estimate of drug-likeness (QED) is 0.0747. The van der Waals surface area contributed by atoms with Gasteiger partial charge in [-0.15, -0.1) is 0 Å². The van der Waals surface area contributed by atoms with Gasteiger partial charge in [0.15, 0.2) is 0 Å². The number of carbonyl (C=O) groups is 1. The van der Waals surface area contributed by atoms with E-state index in [1.54, 1.807) is 0 Å². The Kier molecular flexibility index (Phi) is 21.0. The van der Waals surface area contributed by atoms with Gasteiger partial charge in [-0.3, -0.25) is 0 Å². The minimum Gasteiger partial charge on any atom is -0.460 e. The second-order valence-corrected chi connectivity index (χ2v) is 10.5. The Bertz CT molecular complexity index is 397. The zero-order chi connectivity index (χ0) is 22.3. The maximum absolute atomic E-state index is 11.1. The fourth-order valence-electron chi connectivity index (χ4n) is 3.54. The van der Waals surface area contributed by atoms with Crippen LogP contribution in [0.3, 0.4) is 0 Å². The number of hydrogen-bond donors (Lipinski definition) is 0. The Morgan fingerprint density at radius 2 is 1.17 bits per heavy atom. The predicted molar refractivity (Wildman–Crippen MR) is 127 cm³/mol. The van der Waals surface area contributed by atoms with Crippen LogP contribution in [-0.2, 0) is 22.8 Å². The van der Waals surface area contributed by atoms with E-state index in [0.717, 1.165) is 18.5 Å². The summed E-state index contributed by atoms with van der Waals surface area (Å²) in [5, 5.41) is 0. The van der Waals surface area contributed by atoms with Gasteiger partial charge in [0.25, 0.3) is 0 Å². The van der Waals surface area contributed by atoms with E-state index in [4.69, 9.17) is 18.0 Å². The molecule has 0 saturated heterocycles. The van der Waals surface area contributed by atoms with Gasteiger partial charge in [-0.05, 0) is 20.3 Å². The van der Waals surface area contributed by atoms with E-state index >= 15 is 0 Å². The molecule has 0 heterocycles. The molecule has 0 N–H and O–H groups in total. The molecule has 0 aromatic carbocycles. The normalized spacial score (nSPS) is 11.6. The van der Waals surface area contributed by atoms with Crippen molar-refractivity contribution in [1.82, 2.24) is 0 Å². The van der Waals surface area contributed by atoms with Gasteiger partial charge >= 0.3 is 14.8 Å². The van der Waals surface area contributed by atoms with E-state index in [0.29, 0.717) is 19.8 Å². The number of carbonyl (C=O) groups excluding carboxylic acids is 1. The van der Waals surface area contributed by atoms with Crippen LogP contribution in [0.5, 0.6) is 0 Å². The van der Waals surface area contributed by atoms with Crippen LogP contribution in [0, 0.1) is 0 Å². The smallest absolute Gasteiger partial charge is 0.460 e. The third-order valence-electron chi connectivity index (χ3n) is 5.13. The average Bonchev–Trinajstić information content (AvgIpc) is 2.74. The van der Waals surface area contributed by atoms with Gasteiger partial charge in [-0.25, -0.2) is 4.79 Å². The third kappa shape index (κ3) is 17.0. The van der Waals surface area contributed by atoms with Gasteiger partial charge in [0.05, 0.1) is 6.61 Å². The number of esters is 1. The highest BCUT2D eigenvalue weighted by atomic mass is 28.4. The summed E-state index contributed by atoms with van der Waals surface area (Å²) in [5.74, 6) is -0.435. The Balaban J connectivity index is 3.90. The summed E-state index contributed by atoms with van der Waals surface area (Å²) in [6.45, 7) is 11.2. The number of hydrogen-bond acceptors (Lipinski definition) is 5. The Morgan fingerprint density at radius 3 is 1.60 bits per heavy atom. The number of ether oxygens (including phenoxy) is 1. The summed E-state index contributed by atoms with van der Waals surface area (Å²) in [6, 6.07) is 0.821. The molecule has 0 aromatic heterocycles. The molecule has 0 rings (SSSR count). The van der Waals surface area contributed by atoms with Crippen molar-refractivity contribution in [2.45, 2.75) is 110 Å². The summed E-state index contributed by atoms with van der Waals surface area (Å²) in [6.07, 6.45) is 18.4. The SMILES string of the molecule is C=CC(=O)OCCO[Si](CCCCCCCCCCCCCCC)(OCC)OCC. The fraction of sp³-hybridized carbons (Fsp3) is 0.875. The molecule has 6 heteroatoms. The Morgan fingerprint density at radius 1 is 0.700 bits per heavy atom. The summed E-state index contributed by atoms with van der Waals surface area (Å²) >= 11 is 0. The van der Waals surface area contributed by atoms with Crippen LogP contribution in [0.15, 0.2) is 12.7 Å². The van der Waals surface area contributed by atoms with Gasteiger partial charge in [0.1, 0.15) is 6.61 Å². The van der Waals surface area contributed by atoms with Crippen molar-refractivity contribution in [1.29, 1.82) is 0 Å². The van der Waals surface area contributed by atoms with E-state index in [2.05, 4.69) is 13.5 Å². The van der Waals surface area contributed by atoms with Crippen molar-refractivity contribution < 1.29 is 22.8 Å². The van der Waals surface area contributed by atoms with Crippen LogP contribution in [0.25, 0.3) is 0 Å². The fourth-order valence-corrected chi connectivity index (χ4v) is 6.18. The summed E-state index contributed by atoms with van der Waals surface area (Å²) in [4.78, 5) is 11.1. The van der Waals surface area contributed by atoms with Crippen LogP contribution in [0.2, 0.25) is 6.04 Å². The highest BCUT2D eigenvalue weighted by Gasteiger charge is 2.40. The lowest BCUT2D eigenvalue weighted by molar-refractivity contribution is -0.138. The molecular weight excluding hydrogens is 396 g/mol. The second kappa shape index (κ2) is 21.5. The van der Waals surface area contributed by atoms with Gasteiger partial charge < -0.3 is 18.0 Å². The summed E-state index contributed by atoms with van der Waals surface area (Å²) < 4.78 is 22.9. The average molecular weight is 445 g/mol. The number of rotatable bonds is 23. The van der Waals surface area contributed by atoms with E-state index < -0.39 is 14.8 Å². The molecule has 0 aromatic rings.